The third-order valence-corrected chi connectivity index (χ3v) is 4.24. The minimum absolute atomic E-state index is 0.0299. The number of aryl methyl sites for hydroxylation is 2. The molecule has 114 valence electrons. The molecular formula is C19H22N2O. The Morgan fingerprint density at radius 2 is 1.73 bits per heavy atom. The van der Waals surface area contributed by atoms with Crippen molar-refractivity contribution in [3.05, 3.63) is 59.2 Å². The molecule has 3 rings (SSSR count). The van der Waals surface area contributed by atoms with Gasteiger partial charge in [0.15, 0.2) is 0 Å². The molecule has 1 aliphatic rings. The van der Waals surface area contributed by atoms with E-state index in [4.69, 9.17) is 5.73 Å². The van der Waals surface area contributed by atoms with Crippen LogP contribution in [-0.2, 0) is 12.8 Å². The van der Waals surface area contributed by atoms with Crippen molar-refractivity contribution in [2.75, 3.05) is 13.1 Å². The lowest BCUT2D eigenvalue weighted by atomic mass is 9.86. The van der Waals surface area contributed by atoms with E-state index in [0.717, 1.165) is 29.5 Å². The van der Waals surface area contributed by atoms with Crippen LogP contribution >= 0.6 is 0 Å². The maximum absolute atomic E-state index is 12.5. The van der Waals surface area contributed by atoms with E-state index in [2.05, 4.69) is 29.6 Å². The van der Waals surface area contributed by atoms with Crippen LogP contribution in [-0.4, -0.2) is 19.0 Å². The molecule has 2 aromatic rings. The quantitative estimate of drug-likeness (QED) is 0.911. The summed E-state index contributed by atoms with van der Waals surface area (Å²) in [7, 11) is 0. The van der Waals surface area contributed by atoms with Gasteiger partial charge in [0.25, 0.3) is 5.91 Å². The third kappa shape index (κ3) is 3.04. The van der Waals surface area contributed by atoms with Crippen LogP contribution in [0.15, 0.2) is 42.5 Å². The second kappa shape index (κ2) is 6.75. The topological polar surface area (TPSA) is 55.1 Å². The van der Waals surface area contributed by atoms with Gasteiger partial charge in [-0.05, 0) is 54.0 Å². The fourth-order valence-electron chi connectivity index (χ4n) is 3.11. The van der Waals surface area contributed by atoms with E-state index in [1.54, 1.807) is 0 Å². The fourth-order valence-corrected chi connectivity index (χ4v) is 3.11. The Morgan fingerprint density at radius 3 is 2.41 bits per heavy atom. The second-order valence-corrected chi connectivity index (χ2v) is 5.78. The van der Waals surface area contributed by atoms with E-state index in [-0.39, 0.29) is 5.91 Å². The zero-order valence-corrected chi connectivity index (χ0v) is 12.8. The Balaban J connectivity index is 2.07. The number of nitrogens with two attached hydrogens (primary N) is 1. The van der Waals surface area contributed by atoms with Crippen molar-refractivity contribution in [1.82, 2.24) is 5.32 Å². The predicted molar refractivity (Wildman–Crippen MR) is 89.9 cm³/mol. The average Bonchev–Trinajstić information content (AvgIpc) is 2.59. The van der Waals surface area contributed by atoms with Gasteiger partial charge in [-0.1, -0.05) is 36.4 Å². The van der Waals surface area contributed by atoms with Crippen molar-refractivity contribution in [2.24, 2.45) is 5.73 Å². The minimum atomic E-state index is -0.0299. The zero-order chi connectivity index (χ0) is 15.4. The Kier molecular flexibility index (Phi) is 4.54. The molecule has 0 radical (unpaired) electrons. The highest BCUT2D eigenvalue weighted by atomic mass is 16.1. The third-order valence-electron chi connectivity index (χ3n) is 4.24. The van der Waals surface area contributed by atoms with Gasteiger partial charge in [0.1, 0.15) is 0 Å². The van der Waals surface area contributed by atoms with Crippen LogP contribution in [0.4, 0.5) is 0 Å². The molecule has 0 bridgehead atoms. The van der Waals surface area contributed by atoms with Gasteiger partial charge >= 0.3 is 0 Å². The Labute approximate surface area is 131 Å². The molecule has 3 heteroatoms. The summed E-state index contributed by atoms with van der Waals surface area (Å²) in [5.41, 5.74) is 11.1. The summed E-state index contributed by atoms with van der Waals surface area (Å²) in [5, 5.41) is 2.90. The standard InChI is InChI=1S/C19H22N2O/c20-10-11-21-19(22)18-13-16-9-5-4-8-15(16)12-17(18)14-6-2-1-3-7-14/h1-3,6-7,12-13H,4-5,8-11,20H2,(H,21,22). The molecule has 1 amide bonds. The van der Waals surface area contributed by atoms with Crippen molar-refractivity contribution in [1.29, 1.82) is 0 Å². The highest BCUT2D eigenvalue weighted by Crippen LogP contribution is 2.31. The summed E-state index contributed by atoms with van der Waals surface area (Å²) < 4.78 is 0. The van der Waals surface area contributed by atoms with Crippen LogP contribution in [0.2, 0.25) is 0 Å². The number of nitrogens with one attached hydrogen (secondary N) is 1. The van der Waals surface area contributed by atoms with Crippen molar-refractivity contribution >= 4 is 5.91 Å². The summed E-state index contributed by atoms with van der Waals surface area (Å²) in [6.45, 7) is 0.960. The molecule has 0 unspecified atom stereocenters. The molecule has 0 spiro atoms. The molecule has 0 atom stereocenters. The Bertz CT molecular complexity index is 665. The lowest BCUT2D eigenvalue weighted by Gasteiger charge is -2.20. The molecular weight excluding hydrogens is 272 g/mol. The van der Waals surface area contributed by atoms with Gasteiger partial charge in [0.2, 0.25) is 0 Å². The highest BCUT2D eigenvalue weighted by molar-refractivity contribution is 6.01. The average molecular weight is 294 g/mol. The van der Waals surface area contributed by atoms with Gasteiger partial charge in [0.05, 0.1) is 0 Å². The van der Waals surface area contributed by atoms with E-state index in [9.17, 15) is 4.79 Å². The van der Waals surface area contributed by atoms with Gasteiger partial charge < -0.3 is 11.1 Å². The van der Waals surface area contributed by atoms with E-state index >= 15 is 0 Å². The number of fused-ring (bicyclic) bond motifs is 1. The van der Waals surface area contributed by atoms with E-state index in [1.165, 1.54) is 24.0 Å². The van der Waals surface area contributed by atoms with Crippen LogP contribution in [0.1, 0.15) is 34.3 Å². The molecule has 3 nitrogen and oxygen atoms in total. The van der Waals surface area contributed by atoms with Crippen LogP contribution in [0.3, 0.4) is 0 Å². The largest absolute Gasteiger partial charge is 0.351 e. The SMILES string of the molecule is NCCNC(=O)c1cc2c(cc1-c1ccccc1)CCCC2. The Hall–Kier alpha value is -2.13. The van der Waals surface area contributed by atoms with Crippen molar-refractivity contribution in [3.8, 4) is 11.1 Å². The summed E-state index contributed by atoms with van der Waals surface area (Å²) in [6.07, 6.45) is 4.63. The van der Waals surface area contributed by atoms with Crippen LogP contribution in [0.5, 0.6) is 0 Å². The molecule has 0 saturated heterocycles. The summed E-state index contributed by atoms with van der Waals surface area (Å²) in [5.74, 6) is -0.0299. The molecule has 2 aromatic carbocycles. The van der Waals surface area contributed by atoms with Gasteiger partial charge in [-0.2, -0.15) is 0 Å². The second-order valence-electron chi connectivity index (χ2n) is 5.78. The monoisotopic (exact) mass is 294 g/mol. The summed E-state index contributed by atoms with van der Waals surface area (Å²) in [6, 6.07) is 14.4. The predicted octanol–water partition coefficient (Wildman–Crippen LogP) is 2.92. The number of hydrogen-bond acceptors (Lipinski definition) is 2. The molecule has 0 aliphatic heterocycles. The number of benzene rings is 2. The molecule has 0 heterocycles. The lowest BCUT2D eigenvalue weighted by Crippen LogP contribution is -2.29. The maximum atomic E-state index is 12.5. The van der Waals surface area contributed by atoms with Gasteiger partial charge in [-0.15, -0.1) is 0 Å². The van der Waals surface area contributed by atoms with Crippen molar-refractivity contribution < 1.29 is 4.79 Å². The first-order valence-corrected chi connectivity index (χ1v) is 7.99. The minimum Gasteiger partial charge on any atom is -0.351 e. The summed E-state index contributed by atoms with van der Waals surface area (Å²) >= 11 is 0. The van der Waals surface area contributed by atoms with Crippen LogP contribution in [0.25, 0.3) is 11.1 Å². The van der Waals surface area contributed by atoms with Crippen LogP contribution in [0, 0.1) is 0 Å². The number of carbonyl (C=O) groups is 1. The summed E-state index contributed by atoms with van der Waals surface area (Å²) in [4.78, 5) is 12.5. The first kappa shape index (κ1) is 14.8. The number of hydrogen-bond donors (Lipinski definition) is 2. The van der Waals surface area contributed by atoms with Crippen molar-refractivity contribution in [3.63, 3.8) is 0 Å². The smallest absolute Gasteiger partial charge is 0.251 e. The first-order chi connectivity index (χ1) is 10.8. The van der Waals surface area contributed by atoms with E-state index in [1.807, 2.05) is 18.2 Å². The van der Waals surface area contributed by atoms with E-state index < -0.39 is 0 Å². The lowest BCUT2D eigenvalue weighted by molar-refractivity contribution is 0.0955. The molecule has 0 saturated carbocycles. The normalized spacial score (nSPS) is 13.5. The fraction of sp³-hybridized carbons (Fsp3) is 0.316. The zero-order valence-electron chi connectivity index (χ0n) is 12.8. The highest BCUT2D eigenvalue weighted by Gasteiger charge is 2.18. The van der Waals surface area contributed by atoms with Crippen molar-refractivity contribution in [2.45, 2.75) is 25.7 Å². The maximum Gasteiger partial charge on any atom is 0.251 e. The molecule has 22 heavy (non-hydrogen) atoms. The molecule has 1 aliphatic carbocycles. The number of amides is 1. The first-order valence-electron chi connectivity index (χ1n) is 7.99. The van der Waals surface area contributed by atoms with Gasteiger partial charge in [0, 0.05) is 18.7 Å². The van der Waals surface area contributed by atoms with Gasteiger partial charge in [-0.3, -0.25) is 4.79 Å². The number of rotatable bonds is 4. The molecule has 0 aromatic heterocycles. The van der Waals surface area contributed by atoms with Gasteiger partial charge in [-0.25, -0.2) is 0 Å². The Morgan fingerprint density at radius 1 is 1.05 bits per heavy atom. The molecule has 0 fully saturated rings. The molecule has 3 N–H and O–H groups in total. The van der Waals surface area contributed by atoms with Crippen LogP contribution < -0.4 is 11.1 Å². The number of carbonyl (C=O) groups excluding carboxylic acids is 1. The van der Waals surface area contributed by atoms with E-state index in [0.29, 0.717) is 13.1 Å².